The Hall–Kier alpha value is -2.62. The van der Waals surface area contributed by atoms with Crippen LogP contribution in [0.3, 0.4) is 0 Å². The van der Waals surface area contributed by atoms with Crippen LogP contribution in [0.15, 0.2) is 36.4 Å². The van der Waals surface area contributed by atoms with E-state index in [1.807, 2.05) is 37.3 Å². The number of hydrogen-bond acceptors (Lipinski definition) is 4. The second-order valence-electron chi connectivity index (χ2n) is 8.04. The van der Waals surface area contributed by atoms with Gasteiger partial charge in [-0.15, -0.1) is 0 Å². The van der Waals surface area contributed by atoms with E-state index in [-0.39, 0.29) is 5.91 Å². The number of carbonyl (C=O) groups is 1. The van der Waals surface area contributed by atoms with Crippen LogP contribution in [0.25, 0.3) is 0 Å². The van der Waals surface area contributed by atoms with Crippen molar-refractivity contribution in [1.29, 1.82) is 5.26 Å². The summed E-state index contributed by atoms with van der Waals surface area (Å²) in [7, 11) is -1.61. The minimum Gasteiger partial charge on any atom is -0.494 e. The normalized spacial score (nSPS) is 16.0. The first kappa shape index (κ1) is 20.1. The van der Waals surface area contributed by atoms with Gasteiger partial charge >= 0.3 is 0 Å². The molecular formula is C22H27N3O2Si. The van der Waals surface area contributed by atoms with Crippen LogP contribution < -0.4 is 20.6 Å². The van der Waals surface area contributed by atoms with Crippen LogP contribution in [0.4, 0.5) is 5.69 Å². The number of benzene rings is 2. The standard InChI is InChI=1S/C22H27N3O2Si/c1-5-27-18-7-8-19-15(13-18)10-11-24-21(19)22(26)25-17-6-9-20(28(2,3)4)16(12-17)14-23/h6-9,12-13,21,24H,5,10-11H2,1-4H3,(H,25,26)/t21-/m1/s1. The van der Waals surface area contributed by atoms with Crippen LogP contribution >= 0.6 is 0 Å². The summed E-state index contributed by atoms with van der Waals surface area (Å²) in [5.41, 5.74) is 3.42. The number of nitriles is 1. The molecular weight excluding hydrogens is 366 g/mol. The van der Waals surface area contributed by atoms with Crippen LogP contribution in [0, 0.1) is 11.3 Å². The van der Waals surface area contributed by atoms with Crippen molar-refractivity contribution < 1.29 is 9.53 Å². The number of anilines is 1. The zero-order chi connectivity index (χ0) is 20.3. The minimum absolute atomic E-state index is 0.116. The first-order chi connectivity index (χ1) is 13.3. The second-order valence-corrected chi connectivity index (χ2v) is 13.1. The van der Waals surface area contributed by atoms with Gasteiger partial charge in [-0.05, 0) is 53.9 Å². The van der Waals surface area contributed by atoms with E-state index in [1.165, 1.54) is 0 Å². The average Bonchev–Trinajstić information content (AvgIpc) is 2.66. The lowest BCUT2D eigenvalue weighted by Gasteiger charge is -2.27. The van der Waals surface area contributed by atoms with Crippen molar-refractivity contribution in [3.8, 4) is 11.8 Å². The average molecular weight is 394 g/mol. The highest BCUT2D eigenvalue weighted by atomic mass is 28.3. The van der Waals surface area contributed by atoms with Crippen LogP contribution in [-0.4, -0.2) is 27.1 Å². The molecule has 1 amide bonds. The Balaban J connectivity index is 1.82. The third-order valence-corrected chi connectivity index (χ3v) is 7.01. The van der Waals surface area contributed by atoms with E-state index < -0.39 is 14.1 Å². The Kier molecular flexibility index (Phi) is 5.87. The number of hydrogen-bond donors (Lipinski definition) is 2. The van der Waals surface area contributed by atoms with Crippen molar-refractivity contribution in [3.05, 3.63) is 53.1 Å². The fourth-order valence-electron chi connectivity index (χ4n) is 3.61. The Morgan fingerprint density at radius 1 is 1.29 bits per heavy atom. The molecule has 2 aromatic carbocycles. The number of rotatable bonds is 5. The fraction of sp³-hybridized carbons (Fsp3) is 0.364. The minimum atomic E-state index is -1.61. The molecule has 0 fully saturated rings. The van der Waals surface area contributed by atoms with Crippen molar-refractivity contribution in [1.82, 2.24) is 5.32 Å². The largest absolute Gasteiger partial charge is 0.494 e. The highest BCUT2D eigenvalue weighted by Crippen LogP contribution is 2.28. The maximum atomic E-state index is 12.9. The van der Waals surface area contributed by atoms with Crippen LogP contribution in [0.1, 0.15) is 29.7 Å². The number of fused-ring (bicyclic) bond motifs is 1. The second kappa shape index (κ2) is 8.17. The zero-order valence-electron chi connectivity index (χ0n) is 16.9. The summed E-state index contributed by atoms with van der Waals surface area (Å²) >= 11 is 0. The van der Waals surface area contributed by atoms with E-state index in [0.29, 0.717) is 17.9 Å². The van der Waals surface area contributed by atoms with Gasteiger partial charge in [0.05, 0.1) is 26.3 Å². The van der Waals surface area contributed by atoms with Gasteiger partial charge in [-0.2, -0.15) is 5.26 Å². The molecule has 28 heavy (non-hydrogen) atoms. The summed E-state index contributed by atoms with van der Waals surface area (Å²) in [6.07, 6.45) is 0.865. The van der Waals surface area contributed by atoms with Crippen molar-refractivity contribution in [3.63, 3.8) is 0 Å². The lowest BCUT2D eigenvalue weighted by Crippen LogP contribution is -2.40. The van der Waals surface area contributed by atoms with Gasteiger partial charge in [-0.25, -0.2) is 0 Å². The van der Waals surface area contributed by atoms with Gasteiger partial charge in [-0.1, -0.05) is 31.8 Å². The van der Waals surface area contributed by atoms with E-state index in [4.69, 9.17) is 4.74 Å². The molecule has 1 atom stereocenters. The lowest BCUT2D eigenvalue weighted by atomic mass is 9.93. The summed E-state index contributed by atoms with van der Waals surface area (Å²) in [6.45, 7) is 9.94. The number of carbonyl (C=O) groups excluding carboxylic acids is 1. The van der Waals surface area contributed by atoms with Crippen molar-refractivity contribution in [2.75, 3.05) is 18.5 Å². The van der Waals surface area contributed by atoms with Gasteiger partial charge in [0.1, 0.15) is 11.8 Å². The predicted octanol–water partition coefficient (Wildman–Crippen LogP) is 3.33. The smallest absolute Gasteiger partial charge is 0.246 e. The molecule has 1 heterocycles. The highest BCUT2D eigenvalue weighted by Gasteiger charge is 2.27. The van der Waals surface area contributed by atoms with Gasteiger partial charge in [0.2, 0.25) is 5.91 Å². The Labute approximate surface area is 167 Å². The van der Waals surface area contributed by atoms with Crippen molar-refractivity contribution in [2.24, 2.45) is 0 Å². The fourth-order valence-corrected chi connectivity index (χ4v) is 5.13. The van der Waals surface area contributed by atoms with Gasteiger partial charge in [0, 0.05) is 12.2 Å². The summed E-state index contributed by atoms with van der Waals surface area (Å²) in [6, 6.07) is 13.4. The van der Waals surface area contributed by atoms with Gasteiger partial charge in [0.15, 0.2) is 0 Å². The van der Waals surface area contributed by atoms with E-state index in [9.17, 15) is 10.1 Å². The van der Waals surface area contributed by atoms with Crippen LogP contribution in [0.5, 0.6) is 5.75 Å². The summed E-state index contributed by atoms with van der Waals surface area (Å²) in [5, 5.41) is 16.9. The molecule has 6 heteroatoms. The van der Waals surface area contributed by atoms with E-state index in [1.54, 1.807) is 6.07 Å². The maximum Gasteiger partial charge on any atom is 0.246 e. The Morgan fingerprint density at radius 2 is 2.07 bits per heavy atom. The molecule has 5 nitrogen and oxygen atoms in total. The Bertz CT molecular complexity index is 928. The molecule has 0 aliphatic carbocycles. The van der Waals surface area contributed by atoms with Crippen LogP contribution in [0.2, 0.25) is 19.6 Å². The molecule has 0 saturated carbocycles. The van der Waals surface area contributed by atoms with Crippen LogP contribution in [-0.2, 0) is 11.2 Å². The summed E-state index contributed by atoms with van der Waals surface area (Å²) < 4.78 is 5.58. The number of nitrogens with one attached hydrogen (secondary N) is 2. The van der Waals surface area contributed by atoms with E-state index in [0.717, 1.165) is 35.0 Å². The molecule has 146 valence electrons. The van der Waals surface area contributed by atoms with Gasteiger partial charge in [-0.3, -0.25) is 4.79 Å². The molecule has 1 aliphatic heterocycles. The number of amides is 1. The molecule has 1 aliphatic rings. The molecule has 2 N–H and O–H groups in total. The van der Waals surface area contributed by atoms with E-state index in [2.05, 4.69) is 36.3 Å². The maximum absolute atomic E-state index is 12.9. The van der Waals surface area contributed by atoms with Gasteiger partial charge < -0.3 is 15.4 Å². The van der Waals surface area contributed by atoms with E-state index >= 15 is 0 Å². The first-order valence-corrected chi connectivity index (χ1v) is 13.2. The predicted molar refractivity (Wildman–Crippen MR) is 115 cm³/mol. The number of ether oxygens (including phenoxy) is 1. The molecule has 0 bridgehead atoms. The lowest BCUT2D eigenvalue weighted by molar-refractivity contribution is -0.118. The SMILES string of the molecule is CCOc1ccc2c(c1)CCN[C@H]2C(=O)Nc1ccc([Si](C)(C)C)c(C#N)c1. The molecule has 2 aromatic rings. The summed E-state index contributed by atoms with van der Waals surface area (Å²) in [4.78, 5) is 12.9. The molecule has 0 unspecified atom stereocenters. The number of nitrogens with zero attached hydrogens (tertiary/aromatic N) is 1. The molecule has 3 rings (SSSR count). The van der Waals surface area contributed by atoms with Crippen molar-refractivity contribution in [2.45, 2.75) is 39.0 Å². The third-order valence-electron chi connectivity index (χ3n) is 4.96. The molecule has 0 aromatic heterocycles. The Morgan fingerprint density at radius 3 is 2.75 bits per heavy atom. The highest BCUT2D eigenvalue weighted by molar-refractivity contribution is 6.89. The topological polar surface area (TPSA) is 74.2 Å². The molecule has 0 saturated heterocycles. The zero-order valence-corrected chi connectivity index (χ0v) is 17.9. The monoisotopic (exact) mass is 393 g/mol. The quantitative estimate of drug-likeness (QED) is 0.764. The van der Waals surface area contributed by atoms with Crippen molar-refractivity contribution >= 4 is 24.9 Å². The first-order valence-electron chi connectivity index (χ1n) is 9.68. The molecule has 0 radical (unpaired) electrons. The van der Waals surface area contributed by atoms with Gasteiger partial charge in [0.25, 0.3) is 0 Å². The third kappa shape index (κ3) is 4.27. The summed E-state index contributed by atoms with van der Waals surface area (Å²) in [5.74, 6) is 0.720. The molecule has 0 spiro atoms.